The van der Waals surface area contributed by atoms with Crippen molar-refractivity contribution in [1.29, 1.82) is 0 Å². The molecule has 5 aromatic rings. The first kappa shape index (κ1) is 27.0. The normalized spacial score (nSPS) is 14.9. The fourth-order valence-electron chi connectivity index (χ4n) is 7.03. The maximum Gasteiger partial charge on any atom is 0.266 e. The molecule has 4 heterocycles. The zero-order chi connectivity index (χ0) is 30.9. The summed E-state index contributed by atoms with van der Waals surface area (Å²) < 4.78 is 2.11. The number of anilines is 2. The molecule has 0 aliphatic carbocycles. The van der Waals surface area contributed by atoms with Crippen LogP contribution in [0.2, 0.25) is 0 Å². The van der Waals surface area contributed by atoms with Crippen molar-refractivity contribution in [1.82, 2.24) is 9.13 Å². The topological polar surface area (TPSA) is 125 Å². The second kappa shape index (κ2) is 8.37. The Morgan fingerprint density at radius 3 is 1.60 bits per heavy atom. The van der Waals surface area contributed by atoms with Crippen LogP contribution >= 0.6 is 0 Å². The largest absolute Gasteiger partial charge is 0.508 e. The number of nitrogens with zero attached hydrogens (tertiary/aromatic N) is 4. The lowest BCUT2D eigenvalue weighted by Gasteiger charge is -2.46. The number of phenols is 2. The number of aromatic hydroxyl groups is 2. The predicted octanol–water partition coefficient (Wildman–Crippen LogP) is 3.66. The van der Waals surface area contributed by atoms with Crippen LogP contribution in [0.3, 0.4) is 0 Å². The molecule has 0 fully saturated rings. The summed E-state index contributed by atoms with van der Waals surface area (Å²) >= 11 is 0. The van der Waals surface area contributed by atoms with Crippen LogP contribution in [-0.2, 0) is 24.0 Å². The molecule has 2 N–H and O–H groups in total. The van der Waals surface area contributed by atoms with E-state index in [0.29, 0.717) is 25.3 Å². The predicted molar refractivity (Wildman–Crippen MR) is 167 cm³/mol. The Labute approximate surface area is 246 Å². The average Bonchev–Trinajstić information content (AvgIpc) is 3.30. The number of fused-ring (bicyclic) bond motifs is 8. The smallest absolute Gasteiger partial charge is 0.266 e. The van der Waals surface area contributed by atoms with Gasteiger partial charge in [-0.3, -0.25) is 23.7 Å². The second-order valence-corrected chi connectivity index (χ2v) is 13.7. The Morgan fingerprint density at radius 1 is 0.628 bits per heavy atom. The van der Waals surface area contributed by atoms with Gasteiger partial charge in [0.05, 0.1) is 28.2 Å². The number of hydrogen-bond acceptors (Lipinski definition) is 8. The highest BCUT2D eigenvalue weighted by Gasteiger charge is 2.37. The minimum atomic E-state index is -0.777. The molecule has 0 spiro atoms. The summed E-state index contributed by atoms with van der Waals surface area (Å²) in [6.45, 7) is 12.8. The fourth-order valence-corrected chi connectivity index (χ4v) is 7.03. The van der Waals surface area contributed by atoms with Crippen molar-refractivity contribution in [3.63, 3.8) is 0 Å². The van der Waals surface area contributed by atoms with E-state index in [9.17, 15) is 29.4 Å². The molecule has 2 bridgehead atoms. The van der Waals surface area contributed by atoms with Gasteiger partial charge in [0.15, 0.2) is 0 Å². The van der Waals surface area contributed by atoms with Crippen LogP contribution in [0.25, 0.3) is 27.2 Å². The van der Waals surface area contributed by atoms with Gasteiger partial charge in [-0.1, -0.05) is 20.8 Å². The van der Waals surface area contributed by atoms with Crippen LogP contribution in [0.4, 0.5) is 11.4 Å². The van der Waals surface area contributed by atoms with Crippen LogP contribution in [0.1, 0.15) is 58.2 Å². The van der Waals surface area contributed by atoms with E-state index in [0.717, 1.165) is 31.6 Å². The lowest BCUT2D eigenvalue weighted by molar-refractivity contribution is 0.380. The van der Waals surface area contributed by atoms with Gasteiger partial charge >= 0.3 is 0 Å². The molecule has 10 nitrogen and oxygen atoms in total. The van der Waals surface area contributed by atoms with Crippen molar-refractivity contribution in [3.8, 4) is 17.2 Å². The minimum absolute atomic E-state index is 0.0184. The first-order chi connectivity index (χ1) is 20.1. The summed E-state index contributed by atoms with van der Waals surface area (Å²) in [4.78, 5) is 58.3. The summed E-state index contributed by atoms with van der Waals surface area (Å²) in [6.07, 6.45) is 0. The Bertz CT molecular complexity index is 2180. The second-order valence-electron chi connectivity index (χ2n) is 13.7. The monoisotopic (exact) mass is 580 g/mol. The summed E-state index contributed by atoms with van der Waals surface area (Å²) in [5, 5.41) is 22.1. The number of hydrogen-bond donors (Lipinski definition) is 2. The lowest BCUT2D eigenvalue weighted by Crippen LogP contribution is -2.47. The van der Waals surface area contributed by atoms with Gasteiger partial charge in [-0.2, -0.15) is 0 Å². The highest BCUT2D eigenvalue weighted by molar-refractivity contribution is 5.98. The van der Waals surface area contributed by atoms with E-state index in [1.165, 1.54) is 18.2 Å². The fraction of sp³-hybridized carbons (Fsp3) is 0.333. The molecule has 0 unspecified atom stereocenters. The molecule has 43 heavy (non-hydrogen) atoms. The van der Waals surface area contributed by atoms with Crippen LogP contribution in [-0.4, -0.2) is 26.0 Å². The van der Waals surface area contributed by atoms with Gasteiger partial charge in [-0.25, -0.2) is 4.57 Å². The molecule has 0 saturated carbocycles. The zero-order valence-electron chi connectivity index (χ0n) is 24.9. The third-order valence-electron chi connectivity index (χ3n) is 8.76. The van der Waals surface area contributed by atoms with E-state index in [1.54, 1.807) is 32.9 Å². The van der Waals surface area contributed by atoms with Gasteiger partial charge in [0.2, 0.25) is 0 Å². The Hall–Kier alpha value is -4.86. The van der Waals surface area contributed by atoms with Gasteiger partial charge in [0.1, 0.15) is 17.2 Å². The first-order valence-corrected chi connectivity index (χ1v) is 14.3. The zero-order valence-corrected chi connectivity index (χ0v) is 24.9. The van der Waals surface area contributed by atoms with Crippen molar-refractivity contribution in [3.05, 3.63) is 94.5 Å². The molecule has 0 atom stereocenters. The van der Waals surface area contributed by atoms with Gasteiger partial charge < -0.3 is 20.0 Å². The van der Waals surface area contributed by atoms with Crippen molar-refractivity contribution in [2.45, 2.75) is 65.6 Å². The molecule has 7 rings (SSSR count). The number of phenolic OH excluding ortho intramolecular Hbond substituents is 2. The lowest BCUT2D eigenvalue weighted by atomic mass is 9.81. The van der Waals surface area contributed by atoms with E-state index in [4.69, 9.17) is 0 Å². The van der Waals surface area contributed by atoms with Gasteiger partial charge in [-0.15, -0.1) is 0 Å². The minimum Gasteiger partial charge on any atom is -0.508 e. The maximum atomic E-state index is 13.9. The molecule has 0 radical (unpaired) electrons. The van der Waals surface area contributed by atoms with Crippen molar-refractivity contribution in [2.75, 3.05) is 16.5 Å². The SMILES string of the molecule is CC(C)(C)c1c(O)ccc2c1CN1CN2Cc2c1ccc(O)c2-n1c(=O)c2cc3c(=O)n(C(C)(C)C)c(=O)c3cc2c1=O. The molecule has 0 amide bonds. The molecular weight excluding hydrogens is 548 g/mol. The molecule has 220 valence electrons. The highest BCUT2D eigenvalue weighted by Crippen LogP contribution is 2.47. The quantitative estimate of drug-likeness (QED) is 0.308. The number of rotatable bonds is 1. The molecule has 2 aliphatic heterocycles. The molecular formula is C33H32N4O6. The molecule has 10 heteroatoms. The molecule has 2 aromatic heterocycles. The van der Waals surface area contributed by atoms with E-state index >= 15 is 0 Å². The van der Waals surface area contributed by atoms with E-state index in [-0.39, 0.29) is 44.1 Å². The average molecular weight is 581 g/mol. The van der Waals surface area contributed by atoms with Gasteiger partial charge in [0.25, 0.3) is 22.2 Å². The summed E-state index contributed by atoms with van der Waals surface area (Å²) in [7, 11) is 0. The highest BCUT2D eigenvalue weighted by atomic mass is 16.3. The van der Waals surface area contributed by atoms with Crippen molar-refractivity contribution < 1.29 is 10.2 Å². The third-order valence-corrected chi connectivity index (χ3v) is 8.76. The van der Waals surface area contributed by atoms with E-state index in [1.807, 2.05) is 6.07 Å². The van der Waals surface area contributed by atoms with Crippen molar-refractivity contribution >= 4 is 32.9 Å². The summed E-state index contributed by atoms with van der Waals surface area (Å²) in [6, 6.07) is 9.50. The standard InChI is InChI=1S/C33H32N4O6/c1-32(2,3)26-20-13-34-15-35(22(20)7-9-24(26)38)14-21-23(34)8-10-25(39)27(21)36-28(40)16-11-18-19(12-17(16)29(36)41)31(43)37(30(18)42)33(4,5)6/h7-12,38-39H,13-15H2,1-6H3. The Morgan fingerprint density at radius 2 is 1.09 bits per heavy atom. The summed E-state index contributed by atoms with van der Waals surface area (Å²) in [5.74, 6) is 0.0105. The van der Waals surface area contributed by atoms with Gasteiger partial charge in [0, 0.05) is 46.7 Å². The number of aromatic nitrogens is 2. The Balaban J connectivity index is 1.45. The van der Waals surface area contributed by atoms with Crippen molar-refractivity contribution in [2.24, 2.45) is 0 Å². The van der Waals surface area contributed by atoms with Crippen LogP contribution < -0.4 is 32.0 Å². The molecule has 2 aliphatic rings. The third kappa shape index (κ3) is 3.58. The van der Waals surface area contributed by atoms with Crippen LogP contribution in [0.5, 0.6) is 11.5 Å². The van der Waals surface area contributed by atoms with Crippen LogP contribution in [0, 0.1) is 0 Å². The van der Waals surface area contributed by atoms with E-state index < -0.39 is 27.8 Å². The number of benzene rings is 3. The molecule has 0 saturated heterocycles. The van der Waals surface area contributed by atoms with Crippen LogP contribution in [0.15, 0.2) is 55.6 Å². The van der Waals surface area contributed by atoms with Gasteiger partial charge in [-0.05, 0) is 62.6 Å². The summed E-state index contributed by atoms with van der Waals surface area (Å²) in [5.41, 5.74) is 0.840. The molecule has 3 aromatic carbocycles. The van der Waals surface area contributed by atoms with E-state index in [2.05, 4.69) is 30.6 Å². The maximum absolute atomic E-state index is 13.9. The first-order valence-electron chi connectivity index (χ1n) is 14.3. The Kier molecular flexibility index (Phi) is 5.25.